The van der Waals surface area contributed by atoms with E-state index in [0.29, 0.717) is 6.42 Å². The topological polar surface area (TPSA) is 97.4 Å². The minimum atomic E-state index is -4.31. The van der Waals surface area contributed by atoms with Gasteiger partial charge in [-0.3, -0.25) is 4.52 Å². The smallest absolute Gasteiger partial charge is 0.419 e. The van der Waals surface area contributed by atoms with Crippen molar-refractivity contribution >= 4 is 19.8 Å². The summed E-state index contributed by atoms with van der Waals surface area (Å²) in [5, 5.41) is 0. The van der Waals surface area contributed by atoms with E-state index in [2.05, 4.69) is 20.1 Å². The number of para-hydroxylation sites is 4. The van der Waals surface area contributed by atoms with Crippen molar-refractivity contribution in [3.05, 3.63) is 73.8 Å². The molecule has 0 unspecified atom stereocenters. The average Bonchev–Trinajstić information content (AvgIpc) is 2.83. The molecule has 0 amide bonds. The molecule has 0 bridgehead atoms. The predicted molar refractivity (Wildman–Crippen MR) is 128 cm³/mol. The molecular weight excluding hydrogens is 459 g/mol. The fraction of sp³-hybridized carbons (Fsp3) is 0.280. The Kier molecular flexibility index (Phi) is 11.1. The first kappa shape index (κ1) is 26.9. The number of unbranched alkanes of at least 4 members (excludes halogenated alkanes) is 4. The van der Waals surface area contributed by atoms with Crippen molar-refractivity contribution in [3.63, 3.8) is 0 Å². The highest BCUT2D eigenvalue weighted by Crippen LogP contribution is 2.53. The van der Waals surface area contributed by atoms with E-state index in [-0.39, 0.29) is 29.6 Å². The second-order valence-electron chi connectivity index (χ2n) is 7.02. The van der Waals surface area contributed by atoms with E-state index in [0.717, 1.165) is 37.8 Å². The Hall–Kier alpha value is -3.35. The zero-order valence-corrected chi connectivity index (χ0v) is 20.0. The summed E-state index contributed by atoms with van der Waals surface area (Å²) in [6.45, 7) is 8.93. The molecule has 2 aromatic carbocycles. The van der Waals surface area contributed by atoms with Crippen LogP contribution in [-0.4, -0.2) is 18.5 Å². The predicted octanol–water partition coefficient (Wildman–Crippen LogP) is 6.42. The molecule has 0 N–H and O–H groups in total. The van der Waals surface area contributed by atoms with E-state index in [9.17, 15) is 14.2 Å². The third kappa shape index (κ3) is 8.89. The molecule has 0 aromatic heterocycles. The molecule has 0 spiro atoms. The minimum absolute atomic E-state index is 0.00846. The second-order valence-corrected chi connectivity index (χ2v) is 8.54. The van der Waals surface area contributed by atoms with E-state index in [1.807, 2.05) is 0 Å². The van der Waals surface area contributed by atoms with Crippen LogP contribution >= 0.6 is 7.82 Å². The second kappa shape index (κ2) is 14.0. The Morgan fingerprint density at radius 3 is 1.65 bits per heavy atom. The lowest BCUT2D eigenvalue weighted by molar-refractivity contribution is -0.129. The van der Waals surface area contributed by atoms with Crippen LogP contribution in [0, 0.1) is 0 Å². The van der Waals surface area contributed by atoms with E-state index in [1.165, 1.54) is 24.3 Å². The van der Waals surface area contributed by atoms with Crippen LogP contribution in [0.1, 0.15) is 39.0 Å². The molecule has 8 nitrogen and oxygen atoms in total. The van der Waals surface area contributed by atoms with Crippen molar-refractivity contribution in [2.75, 3.05) is 6.61 Å². The van der Waals surface area contributed by atoms with Crippen molar-refractivity contribution in [2.24, 2.45) is 0 Å². The molecule has 0 heterocycles. The number of rotatable bonds is 15. The largest absolute Gasteiger partial charge is 0.587 e. The minimum Gasteiger partial charge on any atom is -0.419 e. The van der Waals surface area contributed by atoms with Crippen LogP contribution in [0.15, 0.2) is 73.8 Å². The summed E-state index contributed by atoms with van der Waals surface area (Å²) in [6.07, 6.45) is 6.70. The Morgan fingerprint density at radius 1 is 0.765 bits per heavy atom. The van der Waals surface area contributed by atoms with E-state index in [1.54, 1.807) is 24.3 Å². The molecule has 182 valence electrons. The number of hydrogen-bond acceptors (Lipinski definition) is 8. The number of esters is 2. The van der Waals surface area contributed by atoms with E-state index < -0.39 is 19.8 Å². The number of hydrogen-bond donors (Lipinski definition) is 0. The number of phosphoric ester groups is 1. The first-order valence-corrected chi connectivity index (χ1v) is 12.4. The highest BCUT2D eigenvalue weighted by molar-refractivity contribution is 7.49. The Bertz CT molecular complexity index is 962. The van der Waals surface area contributed by atoms with Crippen LogP contribution in [-0.2, 0) is 18.7 Å². The van der Waals surface area contributed by atoms with Gasteiger partial charge < -0.3 is 18.5 Å². The first-order valence-electron chi connectivity index (χ1n) is 10.9. The van der Waals surface area contributed by atoms with Crippen LogP contribution in [0.3, 0.4) is 0 Å². The zero-order valence-electron chi connectivity index (χ0n) is 19.1. The van der Waals surface area contributed by atoms with Gasteiger partial charge in [0.1, 0.15) is 0 Å². The van der Waals surface area contributed by atoms with Gasteiger partial charge in [-0.25, -0.2) is 14.2 Å². The van der Waals surface area contributed by atoms with Gasteiger partial charge in [0.25, 0.3) is 0 Å². The van der Waals surface area contributed by atoms with Crippen LogP contribution in [0.2, 0.25) is 0 Å². The van der Waals surface area contributed by atoms with Gasteiger partial charge in [-0.2, -0.15) is 0 Å². The summed E-state index contributed by atoms with van der Waals surface area (Å²) in [6, 6.07) is 12.3. The highest BCUT2D eigenvalue weighted by atomic mass is 31.2. The van der Waals surface area contributed by atoms with Gasteiger partial charge in [-0.1, -0.05) is 70.0 Å². The molecule has 0 atom stereocenters. The summed E-state index contributed by atoms with van der Waals surface area (Å²) in [5.74, 6) is -1.49. The molecule has 34 heavy (non-hydrogen) atoms. The summed E-state index contributed by atoms with van der Waals surface area (Å²) in [5.41, 5.74) is 0. The maximum absolute atomic E-state index is 13.7. The van der Waals surface area contributed by atoms with Crippen LogP contribution in [0.4, 0.5) is 0 Å². The molecule has 2 aromatic rings. The molecule has 0 fully saturated rings. The third-order valence-electron chi connectivity index (χ3n) is 4.37. The number of carbonyl (C=O) groups is 2. The molecule has 9 heteroatoms. The maximum atomic E-state index is 13.7. The van der Waals surface area contributed by atoms with Crippen molar-refractivity contribution in [1.29, 1.82) is 0 Å². The lowest BCUT2D eigenvalue weighted by Crippen LogP contribution is -2.10. The third-order valence-corrected chi connectivity index (χ3v) is 5.71. The van der Waals surface area contributed by atoms with Gasteiger partial charge in [0.05, 0.1) is 6.61 Å². The average molecular weight is 488 g/mol. The van der Waals surface area contributed by atoms with Gasteiger partial charge in [0.15, 0.2) is 23.0 Å². The molecule has 0 aliphatic rings. The number of benzene rings is 2. The summed E-state index contributed by atoms with van der Waals surface area (Å²) in [7, 11) is -4.31. The van der Waals surface area contributed by atoms with Gasteiger partial charge in [0.2, 0.25) is 0 Å². The molecule has 0 aliphatic carbocycles. The normalized spacial score (nSPS) is 10.7. The van der Waals surface area contributed by atoms with Crippen molar-refractivity contribution in [3.8, 4) is 23.0 Å². The van der Waals surface area contributed by atoms with E-state index >= 15 is 0 Å². The molecule has 0 radical (unpaired) electrons. The molecule has 0 saturated carbocycles. The van der Waals surface area contributed by atoms with E-state index in [4.69, 9.17) is 23.0 Å². The zero-order chi connectivity index (χ0) is 24.8. The van der Waals surface area contributed by atoms with Crippen LogP contribution in [0.5, 0.6) is 23.0 Å². The van der Waals surface area contributed by atoms with Gasteiger partial charge >= 0.3 is 19.8 Å². The Morgan fingerprint density at radius 2 is 1.21 bits per heavy atom. The lowest BCUT2D eigenvalue weighted by Gasteiger charge is -2.21. The number of phosphoric acid groups is 1. The quantitative estimate of drug-likeness (QED) is 0.0931. The van der Waals surface area contributed by atoms with Gasteiger partial charge in [-0.15, -0.1) is 0 Å². The SMILES string of the molecule is C=CC(=O)Oc1ccccc1OP(=O)(OCCCCCCC)Oc1ccccc1OC(=O)C=C. The Labute approximate surface area is 199 Å². The maximum Gasteiger partial charge on any atom is 0.587 e. The molecular formula is C25H29O8P. The first-order chi connectivity index (χ1) is 16.4. The Balaban J connectivity index is 2.29. The van der Waals surface area contributed by atoms with Crippen molar-refractivity contribution in [2.45, 2.75) is 39.0 Å². The molecule has 0 aliphatic heterocycles. The standard InChI is InChI=1S/C25H29O8P/c1-4-7-8-9-14-19-29-34(28,32-22-17-12-10-15-20(22)30-24(26)5-2)33-23-18-13-11-16-21(23)31-25(27)6-3/h5-6,10-13,15-18H,2-4,7-9,14,19H2,1H3. The molecule has 2 rings (SSSR count). The van der Waals surface area contributed by atoms with Gasteiger partial charge in [0, 0.05) is 12.2 Å². The van der Waals surface area contributed by atoms with Crippen molar-refractivity contribution < 1.29 is 37.2 Å². The van der Waals surface area contributed by atoms with Gasteiger partial charge in [-0.05, 0) is 30.7 Å². The number of carbonyl (C=O) groups excluding carboxylic acids is 2. The fourth-order valence-corrected chi connectivity index (χ4v) is 3.99. The van der Waals surface area contributed by atoms with Crippen LogP contribution in [0.25, 0.3) is 0 Å². The van der Waals surface area contributed by atoms with Crippen LogP contribution < -0.4 is 18.5 Å². The molecule has 0 saturated heterocycles. The summed E-state index contributed by atoms with van der Waals surface area (Å²) >= 11 is 0. The van der Waals surface area contributed by atoms with Crippen molar-refractivity contribution in [1.82, 2.24) is 0 Å². The lowest BCUT2D eigenvalue weighted by atomic mass is 10.2. The fourth-order valence-electron chi connectivity index (χ4n) is 2.71. The summed E-state index contributed by atoms with van der Waals surface area (Å²) in [4.78, 5) is 23.4. The number of ether oxygens (including phenoxy) is 2. The highest BCUT2D eigenvalue weighted by Gasteiger charge is 2.33. The monoisotopic (exact) mass is 488 g/mol. The summed E-state index contributed by atoms with van der Waals surface area (Å²) < 4.78 is 40.8.